The Kier molecular flexibility index (Phi) is 4.98. The predicted octanol–water partition coefficient (Wildman–Crippen LogP) is 1.80. The first-order valence-electron chi connectivity index (χ1n) is 4.54. The maximum absolute atomic E-state index is 11.7. The first kappa shape index (κ1) is 14.5. The number of hydrogen-bond acceptors (Lipinski definition) is 3. The average molecular weight is 461 g/mol. The summed E-state index contributed by atoms with van der Waals surface area (Å²) in [6.07, 6.45) is 0. The van der Waals surface area contributed by atoms with E-state index in [2.05, 4.69) is 5.32 Å². The molecule has 7 heteroatoms. The van der Waals surface area contributed by atoms with Gasteiger partial charge in [-0.15, -0.1) is 0 Å². The third-order valence-electron chi connectivity index (χ3n) is 1.99. The molecule has 0 bridgehead atoms. The number of carboxylic acids is 1. The predicted molar refractivity (Wildman–Crippen MR) is 78.1 cm³/mol. The van der Waals surface area contributed by atoms with Crippen molar-refractivity contribution in [3.8, 4) is 5.75 Å². The summed E-state index contributed by atoms with van der Waals surface area (Å²) in [5.74, 6) is -1.87. The van der Waals surface area contributed by atoms with Crippen molar-refractivity contribution in [3.05, 3.63) is 24.8 Å². The molecule has 1 aromatic rings. The van der Waals surface area contributed by atoms with Gasteiger partial charge in [-0.2, -0.15) is 0 Å². The van der Waals surface area contributed by atoms with Crippen molar-refractivity contribution in [1.82, 2.24) is 5.32 Å². The van der Waals surface area contributed by atoms with Crippen molar-refractivity contribution in [2.75, 3.05) is 0 Å². The van der Waals surface area contributed by atoms with Gasteiger partial charge >= 0.3 is 5.97 Å². The lowest BCUT2D eigenvalue weighted by atomic mass is 10.2. The van der Waals surface area contributed by atoms with Crippen LogP contribution >= 0.6 is 45.2 Å². The molecule has 0 radical (unpaired) electrons. The number of carboxylic acid groups (broad SMARTS) is 1. The Balaban J connectivity index is 3.01. The van der Waals surface area contributed by atoms with Crippen molar-refractivity contribution < 1.29 is 19.8 Å². The zero-order chi connectivity index (χ0) is 13.2. The molecule has 5 nitrogen and oxygen atoms in total. The van der Waals surface area contributed by atoms with Gasteiger partial charge in [0, 0.05) is 3.57 Å². The number of carbonyl (C=O) groups excluding carboxylic acids is 1. The number of rotatable bonds is 3. The zero-order valence-corrected chi connectivity index (χ0v) is 13.0. The Morgan fingerprint density at radius 2 is 1.94 bits per heavy atom. The van der Waals surface area contributed by atoms with Crippen molar-refractivity contribution >= 4 is 57.1 Å². The maximum Gasteiger partial charge on any atom is 0.325 e. The number of carbonyl (C=O) groups is 2. The number of phenols is 1. The summed E-state index contributed by atoms with van der Waals surface area (Å²) in [5, 5.41) is 20.7. The molecule has 0 aliphatic heterocycles. The zero-order valence-electron chi connectivity index (χ0n) is 8.70. The second-order valence-electron chi connectivity index (χ2n) is 3.32. The van der Waals surface area contributed by atoms with Gasteiger partial charge in [0.1, 0.15) is 11.8 Å². The van der Waals surface area contributed by atoms with E-state index in [0.717, 1.165) is 3.57 Å². The van der Waals surface area contributed by atoms with Crippen molar-refractivity contribution in [3.63, 3.8) is 0 Å². The standard InChI is InChI=1S/C10H9I2NO4/c1-4(10(16)17)13-9(15)6-2-5(11)3-7(12)8(6)14/h2-4,14H,1H3,(H,13,15)(H,16,17)/t4-/m1/s1. The summed E-state index contributed by atoms with van der Waals surface area (Å²) in [4.78, 5) is 22.3. The van der Waals surface area contributed by atoms with E-state index in [1.807, 2.05) is 45.2 Å². The molecule has 1 amide bonds. The molecule has 1 atom stereocenters. The Labute approximate surface area is 125 Å². The molecule has 0 aromatic heterocycles. The molecule has 0 aliphatic carbocycles. The second-order valence-corrected chi connectivity index (χ2v) is 5.72. The van der Waals surface area contributed by atoms with Gasteiger partial charge in [-0.05, 0) is 64.2 Å². The smallest absolute Gasteiger partial charge is 0.325 e. The van der Waals surface area contributed by atoms with E-state index in [9.17, 15) is 14.7 Å². The van der Waals surface area contributed by atoms with Crippen LogP contribution in [-0.2, 0) is 4.79 Å². The monoisotopic (exact) mass is 461 g/mol. The number of amides is 1. The molecule has 0 saturated heterocycles. The Morgan fingerprint density at radius 3 is 2.47 bits per heavy atom. The van der Waals surface area contributed by atoms with E-state index in [4.69, 9.17) is 5.11 Å². The Hall–Kier alpha value is -0.580. The lowest BCUT2D eigenvalue weighted by molar-refractivity contribution is -0.138. The fraction of sp³-hybridized carbons (Fsp3) is 0.200. The normalized spacial score (nSPS) is 11.9. The summed E-state index contributed by atoms with van der Waals surface area (Å²) in [5.41, 5.74) is 0.0781. The first-order valence-corrected chi connectivity index (χ1v) is 6.70. The van der Waals surface area contributed by atoms with Gasteiger partial charge in [0.15, 0.2) is 0 Å². The summed E-state index contributed by atoms with van der Waals surface area (Å²) < 4.78 is 1.33. The molecule has 0 saturated carbocycles. The van der Waals surface area contributed by atoms with Crippen LogP contribution in [0.1, 0.15) is 17.3 Å². The van der Waals surface area contributed by atoms with Crippen LogP contribution in [0.2, 0.25) is 0 Å². The van der Waals surface area contributed by atoms with Crippen LogP contribution < -0.4 is 5.32 Å². The van der Waals surface area contributed by atoms with Gasteiger partial charge in [0.2, 0.25) is 0 Å². The highest BCUT2D eigenvalue weighted by atomic mass is 127. The van der Waals surface area contributed by atoms with Crippen molar-refractivity contribution in [1.29, 1.82) is 0 Å². The number of hydrogen-bond donors (Lipinski definition) is 3. The topological polar surface area (TPSA) is 86.6 Å². The fourth-order valence-electron chi connectivity index (χ4n) is 1.08. The highest BCUT2D eigenvalue weighted by Crippen LogP contribution is 2.26. The van der Waals surface area contributed by atoms with Gasteiger partial charge in [0.25, 0.3) is 5.91 Å². The van der Waals surface area contributed by atoms with Gasteiger partial charge in [-0.1, -0.05) is 0 Å². The summed E-state index contributed by atoms with van der Waals surface area (Å²) in [7, 11) is 0. The SMILES string of the molecule is C[C@@H](NC(=O)c1cc(I)cc(I)c1O)C(=O)O. The minimum absolute atomic E-state index is 0.0781. The molecule has 3 N–H and O–H groups in total. The average Bonchev–Trinajstić information content (AvgIpc) is 2.22. The Morgan fingerprint density at radius 1 is 1.35 bits per heavy atom. The number of aromatic hydroxyl groups is 1. The van der Waals surface area contributed by atoms with E-state index in [1.54, 1.807) is 6.07 Å². The van der Waals surface area contributed by atoms with E-state index in [0.29, 0.717) is 3.57 Å². The van der Waals surface area contributed by atoms with Crippen LogP contribution in [0.4, 0.5) is 0 Å². The van der Waals surface area contributed by atoms with E-state index < -0.39 is 17.9 Å². The number of aliphatic carboxylic acids is 1. The third-order valence-corrected chi connectivity index (χ3v) is 3.44. The molecule has 1 rings (SSSR count). The van der Waals surface area contributed by atoms with Gasteiger partial charge < -0.3 is 15.5 Å². The molecular formula is C10H9I2NO4. The third kappa shape index (κ3) is 3.69. The molecule has 1 aromatic carbocycles. The quantitative estimate of drug-likeness (QED) is 0.600. The second kappa shape index (κ2) is 5.85. The molecule has 92 valence electrons. The first-order chi connectivity index (χ1) is 7.82. The fourth-order valence-corrected chi connectivity index (χ4v) is 2.92. The van der Waals surface area contributed by atoms with Gasteiger partial charge in [0.05, 0.1) is 9.13 Å². The molecule has 0 aliphatic rings. The van der Waals surface area contributed by atoms with Gasteiger partial charge in [-0.25, -0.2) is 0 Å². The molecule has 0 spiro atoms. The van der Waals surface area contributed by atoms with Crippen molar-refractivity contribution in [2.45, 2.75) is 13.0 Å². The Bertz CT molecular complexity index is 476. The molecule has 0 unspecified atom stereocenters. The van der Waals surface area contributed by atoms with Crippen LogP contribution in [0.25, 0.3) is 0 Å². The summed E-state index contributed by atoms with van der Waals surface area (Å²) >= 11 is 3.92. The summed E-state index contributed by atoms with van der Waals surface area (Å²) in [6, 6.07) is 2.22. The van der Waals surface area contributed by atoms with Crippen LogP contribution in [0.15, 0.2) is 12.1 Å². The molecule has 0 heterocycles. The minimum atomic E-state index is -1.13. The van der Waals surface area contributed by atoms with E-state index >= 15 is 0 Å². The van der Waals surface area contributed by atoms with Crippen LogP contribution in [-0.4, -0.2) is 28.1 Å². The van der Waals surface area contributed by atoms with Gasteiger partial charge in [-0.3, -0.25) is 9.59 Å². The number of halogens is 2. The van der Waals surface area contributed by atoms with Crippen LogP contribution in [0.3, 0.4) is 0 Å². The highest BCUT2D eigenvalue weighted by molar-refractivity contribution is 14.1. The minimum Gasteiger partial charge on any atom is -0.506 e. The maximum atomic E-state index is 11.7. The molecular weight excluding hydrogens is 452 g/mol. The number of benzene rings is 1. The van der Waals surface area contributed by atoms with E-state index in [1.165, 1.54) is 13.0 Å². The van der Waals surface area contributed by atoms with E-state index in [-0.39, 0.29) is 11.3 Å². The largest absolute Gasteiger partial charge is 0.506 e. The lowest BCUT2D eigenvalue weighted by Crippen LogP contribution is -2.38. The molecule has 0 fully saturated rings. The number of phenolic OH excluding ortho intramolecular Hbond substituents is 1. The number of nitrogens with one attached hydrogen (secondary N) is 1. The lowest BCUT2D eigenvalue weighted by Gasteiger charge is -2.11. The van der Waals surface area contributed by atoms with Crippen molar-refractivity contribution in [2.24, 2.45) is 0 Å². The van der Waals surface area contributed by atoms with Crippen LogP contribution in [0.5, 0.6) is 5.75 Å². The highest BCUT2D eigenvalue weighted by Gasteiger charge is 2.19. The van der Waals surface area contributed by atoms with Crippen LogP contribution in [0, 0.1) is 7.14 Å². The summed E-state index contributed by atoms with van der Waals surface area (Å²) in [6.45, 7) is 1.36. The molecule has 17 heavy (non-hydrogen) atoms.